The highest BCUT2D eigenvalue weighted by Crippen LogP contribution is 2.33. The number of benzene rings is 3. The summed E-state index contributed by atoms with van der Waals surface area (Å²) in [6.07, 6.45) is 0.437. The first-order chi connectivity index (χ1) is 15.5. The van der Waals surface area contributed by atoms with Gasteiger partial charge in [0, 0.05) is 12.1 Å². The molecule has 0 aliphatic carbocycles. The number of aliphatic imine (C=N–C) groups is 2. The number of halogens is 2. The first kappa shape index (κ1) is 22.0. The summed E-state index contributed by atoms with van der Waals surface area (Å²) in [5.74, 6) is 0.221. The van der Waals surface area contributed by atoms with Crippen LogP contribution < -0.4 is 10.1 Å². The van der Waals surface area contributed by atoms with E-state index in [9.17, 15) is 9.18 Å². The summed E-state index contributed by atoms with van der Waals surface area (Å²) < 4.78 is 18.5. The number of methoxy groups -OCH3 is 1. The number of amides is 1. The molecule has 0 radical (unpaired) electrons. The van der Waals surface area contributed by atoms with Crippen LogP contribution in [0.4, 0.5) is 21.5 Å². The second-order valence-electron chi connectivity index (χ2n) is 6.92. The Labute approximate surface area is 194 Å². The van der Waals surface area contributed by atoms with E-state index in [4.69, 9.17) is 26.3 Å². The average molecular weight is 468 g/mol. The molecule has 0 bridgehead atoms. The molecule has 3 aromatic rings. The van der Waals surface area contributed by atoms with Crippen molar-refractivity contribution in [3.05, 3.63) is 83.1 Å². The van der Waals surface area contributed by atoms with Gasteiger partial charge in [-0.3, -0.25) is 9.79 Å². The van der Waals surface area contributed by atoms with E-state index >= 15 is 0 Å². The molecule has 1 N–H and O–H groups in total. The summed E-state index contributed by atoms with van der Waals surface area (Å²) in [4.78, 5) is 22.0. The minimum absolute atomic E-state index is 0.168. The Bertz CT molecular complexity index is 1210. The van der Waals surface area contributed by atoms with Gasteiger partial charge in [-0.15, -0.1) is 11.8 Å². The molecule has 0 aromatic heterocycles. The quantitative estimate of drug-likeness (QED) is 0.471. The van der Waals surface area contributed by atoms with Crippen molar-refractivity contribution in [2.75, 3.05) is 18.2 Å². The molecule has 0 atom stereocenters. The maximum atomic E-state index is 13.4. The van der Waals surface area contributed by atoms with Crippen LogP contribution in [0.1, 0.15) is 12.0 Å². The summed E-state index contributed by atoms with van der Waals surface area (Å²) in [7, 11) is 1.53. The number of hydrogen-bond donors (Lipinski definition) is 1. The van der Waals surface area contributed by atoms with Gasteiger partial charge < -0.3 is 10.1 Å². The Morgan fingerprint density at radius 3 is 2.50 bits per heavy atom. The first-order valence-corrected chi connectivity index (χ1v) is 11.1. The Morgan fingerprint density at radius 2 is 1.81 bits per heavy atom. The van der Waals surface area contributed by atoms with Crippen molar-refractivity contribution < 1.29 is 13.9 Å². The van der Waals surface area contributed by atoms with E-state index in [2.05, 4.69) is 5.32 Å². The van der Waals surface area contributed by atoms with E-state index in [1.165, 1.54) is 31.0 Å². The van der Waals surface area contributed by atoms with Crippen LogP contribution in [-0.4, -0.2) is 29.5 Å². The lowest BCUT2D eigenvalue weighted by atomic mass is 10.1. The molecule has 162 valence electrons. The standard InChI is InChI=1S/C24H19ClFN3O2S/c1-31-22-11-10-17(12-18(22)25)27-23(30)14-32-24-13-21(15-6-8-16(26)9-7-15)28-19-4-2-3-5-20(19)29-24/h2-12H,13-14H2,1H3,(H,27,30). The number of nitrogens with zero attached hydrogens (tertiary/aromatic N) is 2. The van der Waals surface area contributed by atoms with Gasteiger partial charge in [-0.1, -0.05) is 35.9 Å². The molecule has 0 saturated heterocycles. The molecule has 3 aromatic carbocycles. The van der Waals surface area contributed by atoms with Crippen LogP contribution in [0, 0.1) is 5.82 Å². The predicted octanol–water partition coefficient (Wildman–Crippen LogP) is 6.41. The fourth-order valence-electron chi connectivity index (χ4n) is 3.14. The van der Waals surface area contributed by atoms with Crippen LogP contribution in [-0.2, 0) is 4.79 Å². The smallest absolute Gasteiger partial charge is 0.234 e. The lowest BCUT2D eigenvalue weighted by Gasteiger charge is -2.09. The fraction of sp³-hybridized carbons (Fsp3) is 0.125. The summed E-state index contributed by atoms with van der Waals surface area (Å²) in [5.41, 5.74) is 3.63. The van der Waals surface area contributed by atoms with E-state index < -0.39 is 0 Å². The molecule has 1 amide bonds. The number of thioether (sulfide) groups is 1. The van der Waals surface area contributed by atoms with Gasteiger partial charge in [-0.2, -0.15) is 0 Å². The molecular weight excluding hydrogens is 449 g/mol. The molecule has 1 aliphatic heterocycles. The Kier molecular flexibility index (Phi) is 6.87. The zero-order valence-corrected chi connectivity index (χ0v) is 18.7. The van der Waals surface area contributed by atoms with Gasteiger partial charge in [-0.05, 0) is 48.0 Å². The number of para-hydroxylation sites is 2. The van der Waals surface area contributed by atoms with E-state index in [0.29, 0.717) is 22.9 Å². The molecule has 0 spiro atoms. The van der Waals surface area contributed by atoms with Crippen molar-refractivity contribution in [3.8, 4) is 5.75 Å². The largest absolute Gasteiger partial charge is 0.495 e. The maximum absolute atomic E-state index is 13.4. The van der Waals surface area contributed by atoms with Crippen LogP contribution in [0.5, 0.6) is 5.75 Å². The Hall–Kier alpha value is -3.16. The highest BCUT2D eigenvalue weighted by atomic mass is 35.5. The maximum Gasteiger partial charge on any atom is 0.234 e. The van der Waals surface area contributed by atoms with Crippen molar-refractivity contribution in [2.45, 2.75) is 6.42 Å². The zero-order chi connectivity index (χ0) is 22.5. The van der Waals surface area contributed by atoms with Gasteiger partial charge in [0.1, 0.15) is 11.6 Å². The van der Waals surface area contributed by atoms with E-state index in [1.807, 2.05) is 24.3 Å². The molecular formula is C24H19ClFN3O2S. The van der Waals surface area contributed by atoms with Gasteiger partial charge in [0.05, 0.1) is 40.0 Å². The molecule has 4 rings (SSSR count). The fourth-order valence-corrected chi connectivity index (χ4v) is 4.17. The molecule has 1 aliphatic rings. The lowest BCUT2D eigenvalue weighted by molar-refractivity contribution is -0.113. The van der Waals surface area contributed by atoms with Crippen LogP contribution in [0.25, 0.3) is 0 Å². The number of carbonyl (C=O) groups is 1. The van der Waals surface area contributed by atoms with Crippen molar-refractivity contribution in [2.24, 2.45) is 9.98 Å². The second-order valence-corrected chi connectivity index (χ2v) is 8.38. The SMILES string of the molecule is COc1ccc(NC(=O)CSC2=Nc3ccccc3N=C(c3ccc(F)cc3)C2)cc1Cl. The topological polar surface area (TPSA) is 63.0 Å². The number of hydrogen-bond acceptors (Lipinski definition) is 5. The highest BCUT2D eigenvalue weighted by molar-refractivity contribution is 8.14. The first-order valence-electron chi connectivity index (χ1n) is 9.78. The third-order valence-corrected chi connectivity index (χ3v) is 5.95. The number of ether oxygens (including phenoxy) is 1. The molecule has 1 heterocycles. The highest BCUT2D eigenvalue weighted by Gasteiger charge is 2.17. The molecule has 0 saturated carbocycles. The summed E-state index contributed by atoms with van der Waals surface area (Å²) in [5, 5.41) is 4.00. The van der Waals surface area contributed by atoms with Crippen LogP contribution in [0.15, 0.2) is 76.7 Å². The van der Waals surface area contributed by atoms with E-state index in [1.54, 1.807) is 30.3 Å². The minimum atomic E-state index is -0.304. The van der Waals surface area contributed by atoms with Gasteiger partial charge in [-0.25, -0.2) is 9.38 Å². The summed E-state index contributed by atoms with van der Waals surface area (Å²) >= 11 is 7.46. The van der Waals surface area contributed by atoms with Gasteiger partial charge >= 0.3 is 0 Å². The summed E-state index contributed by atoms with van der Waals surface area (Å²) in [6.45, 7) is 0. The van der Waals surface area contributed by atoms with Crippen molar-refractivity contribution in [3.63, 3.8) is 0 Å². The van der Waals surface area contributed by atoms with Gasteiger partial charge in [0.2, 0.25) is 5.91 Å². The minimum Gasteiger partial charge on any atom is -0.495 e. The van der Waals surface area contributed by atoms with Crippen LogP contribution in [0.2, 0.25) is 5.02 Å². The predicted molar refractivity (Wildman–Crippen MR) is 130 cm³/mol. The molecule has 5 nitrogen and oxygen atoms in total. The van der Waals surface area contributed by atoms with Gasteiger partial charge in [0.15, 0.2) is 0 Å². The number of nitrogens with one attached hydrogen (secondary N) is 1. The van der Waals surface area contributed by atoms with Crippen molar-refractivity contribution in [1.82, 2.24) is 0 Å². The van der Waals surface area contributed by atoms with Crippen LogP contribution >= 0.6 is 23.4 Å². The number of rotatable bonds is 5. The van der Waals surface area contributed by atoms with E-state index in [0.717, 1.165) is 27.7 Å². The Morgan fingerprint density at radius 1 is 1.09 bits per heavy atom. The van der Waals surface area contributed by atoms with Gasteiger partial charge in [0.25, 0.3) is 0 Å². The Balaban J connectivity index is 1.49. The average Bonchev–Trinajstić information content (AvgIpc) is 2.97. The number of fused-ring (bicyclic) bond motifs is 1. The van der Waals surface area contributed by atoms with Crippen molar-refractivity contribution in [1.29, 1.82) is 0 Å². The third kappa shape index (κ3) is 5.36. The van der Waals surface area contributed by atoms with E-state index in [-0.39, 0.29) is 17.5 Å². The second kappa shape index (κ2) is 9.97. The monoisotopic (exact) mass is 467 g/mol. The zero-order valence-electron chi connectivity index (χ0n) is 17.1. The third-order valence-electron chi connectivity index (χ3n) is 4.68. The number of carbonyl (C=O) groups excluding carboxylic acids is 1. The normalized spacial score (nSPS) is 12.8. The molecule has 0 fully saturated rings. The molecule has 0 unspecified atom stereocenters. The lowest BCUT2D eigenvalue weighted by Crippen LogP contribution is -2.16. The number of anilines is 1. The van der Waals surface area contributed by atoms with Crippen LogP contribution in [0.3, 0.4) is 0 Å². The molecule has 8 heteroatoms. The van der Waals surface area contributed by atoms with Crippen molar-refractivity contribution >= 4 is 57.1 Å². The summed E-state index contributed by atoms with van der Waals surface area (Å²) in [6, 6.07) is 18.8. The molecule has 32 heavy (non-hydrogen) atoms.